The second-order valence-electron chi connectivity index (χ2n) is 7.24. The van der Waals surface area contributed by atoms with E-state index in [1.54, 1.807) is 47.5 Å². The van der Waals surface area contributed by atoms with Crippen LogP contribution in [0.3, 0.4) is 0 Å². The van der Waals surface area contributed by atoms with E-state index >= 15 is 0 Å². The molecule has 3 unspecified atom stereocenters. The van der Waals surface area contributed by atoms with E-state index in [1.807, 2.05) is 36.4 Å². The van der Waals surface area contributed by atoms with Crippen molar-refractivity contribution in [1.82, 2.24) is 0 Å². The van der Waals surface area contributed by atoms with Gasteiger partial charge in [0.15, 0.2) is 6.10 Å². The van der Waals surface area contributed by atoms with E-state index < -0.39 is 24.0 Å². The Hall–Kier alpha value is -3.35. The fourth-order valence-corrected chi connectivity index (χ4v) is 4.23. The first kappa shape index (κ1) is 18.7. The van der Waals surface area contributed by atoms with Crippen LogP contribution in [0.5, 0.6) is 5.75 Å². The van der Waals surface area contributed by atoms with Crippen molar-refractivity contribution in [2.75, 3.05) is 9.96 Å². The molecular formula is C23H17ClN2O4. The number of imide groups is 1. The molecule has 2 heterocycles. The topological polar surface area (TPSA) is 70.1 Å². The molecule has 0 aromatic heterocycles. The molecule has 2 amide bonds. The predicted octanol–water partition coefficient (Wildman–Crippen LogP) is 4.10. The summed E-state index contributed by atoms with van der Waals surface area (Å²) in [5.74, 6) is -1.44. The molecule has 2 saturated heterocycles. The molecule has 150 valence electrons. The lowest BCUT2D eigenvalue weighted by Gasteiger charge is -2.28. The van der Waals surface area contributed by atoms with Crippen LogP contribution in [0.4, 0.5) is 11.4 Å². The van der Waals surface area contributed by atoms with Crippen LogP contribution in [-0.4, -0.2) is 23.0 Å². The number of carbonyl (C=O) groups excluding carboxylic acids is 2. The van der Waals surface area contributed by atoms with Gasteiger partial charge in [0, 0.05) is 5.02 Å². The van der Waals surface area contributed by atoms with Crippen LogP contribution in [-0.2, 0) is 14.4 Å². The Kier molecular flexibility index (Phi) is 4.46. The second kappa shape index (κ2) is 7.16. The number of fused-ring (bicyclic) bond motifs is 1. The van der Waals surface area contributed by atoms with Crippen LogP contribution in [0.2, 0.25) is 5.02 Å². The van der Waals surface area contributed by atoms with Crippen molar-refractivity contribution in [3.8, 4) is 5.75 Å². The highest BCUT2D eigenvalue weighted by atomic mass is 35.5. The molecule has 7 heteroatoms. The third-order valence-electron chi connectivity index (χ3n) is 5.42. The first-order valence-electron chi connectivity index (χ1n) is 9.48. The van der Waals surface area contributed by atoms with Gasteiger partial charge in [0.25, 0.3) is 5.91 Å². The molecule has 2 aliphatic heterocycles. The molecule has 6 nitrogen and oxygen atoms in total. The second-order valence-corrected chi connectivity index (χ2v) is 7.68. The van der Waals surface area contributed by atoms with Crippen LogP contribution >= 0.6 is 11.6 Å². The Bertz CT molecular complexity index is 1120. The predicted molar refractivity (Wildman–Crippen MR) is 112 cm³/mol. The summed E-state index contributed by atoms with van der Waals surface area (Å²) in [5, 5.41) is 12.1. The quantitative estimate of drug-likeness (QED) is 0.646. The number of halogens is 1. The zero-order chi connectivity index (χ0) is 20.8. The number of phenolic OH excluding ortho intramolecular Hbond substituents is 1. The molecular weight excluding hydrogens is 404 g/mol. The average Bonchev–Trinajstić information content (AvgIpc) is 3.26. The van der Waals surface area contributed by atoms with Crippen molar-refractivity contribution in [2.45, 2.75) is 12.1 Å². The normalized spacial score (nSPS) is 23.2. The summed E-state index contributed by atoms with van der Waals surface area (Å²) in [6.07, 6.45) is -0.958. The van der Waals surface area contributed by atoms with E-state index in [4.69, 9.17) is 16.4 Å². The fourth-order valence-electron chi connectivity index (χ4n) is 4.11. The summed E-state index contributed by atoms with van der Waals surface area (Å²) in [7, 11) is 0. The van der Waals surface area contributed by atoms with E-state index in [1.165, 1.54) is 0 Å². The van der Waals surface area contributed by atoms with E-state index in [0.29, 0.717) is 16.3 Å². The lowest BCUT2D eigenvalue weighted by Crippen LogP contribution is -2.37. The summed E-state index contributed by atoms with van der Waals surface area (Å²) in [6.45, 7) is 0. The largest absolute Gasteiger partial charge is 0.508 e. The molecule has 0 saturated carbocycles. The van der Waals surface area contributed by atoms with E-state index in [-0.39, 0.29) is 11.7 Å². The molecule has 5 rings (SSSR count). The lowest BCUT2D eigenvalue weighted by molar-refractivity contribution is -0.126. The van der Waals surface area contributed by atoms with Crippen molar-refractivity contribution in [3.05, 3.63) is 89.4 Å². The van der Waals surface area contributed by atoms with Gasteiger partial charge in [-0.2, -0.15) is 0 Å². The van der Waals surface area contributed by atoms with Gasteiger partial charge < -0.3 is 5.11 Å². The zero-order valence-corrected chi connectivity index (χ0v) is 16.4. The van der Waals surface area contributed by atoms with E-state index in [9.17, 15) is 14.7 Å². The number of nitrogens with zero attached hydrogens (tertiary/aromatic N) is 2. The van der Waals surface area contributed by atoms with Crippen LogP contribution in [0.15, 0.2) is 78.9 Å². The third-order valence-corrected chi connectivity index (χ3v) is 5.67. The number of amides is 2. The van der Waals surface area contributed by atoms with Crippen molar-refractivity contribution in [2.24, 2.45) is 5.92 Å². The van der Waals surface area contributed by atoms with Gasteiger partial charge in [-0.05, 0) is 54.1 Å². The summed E-state index contributed by atoms with van der Waals surface area (Å²) in [5.41, 5.74) is 1.86. The maximum atomic E-state index is 13.4. The van der Waals surface area contributed by atoms with E-state index in [0.717, 1.165) is 10.6 Å². The highest BCUT2D eigenvalue weighted by Crippen LogP contribution is 2.47. The molecule has 0 aliphatic carbocycles. The maximum Gasteiger partial charge on any atom is 0.266 e. The van der Waals surface area contributed by atoms with Gasteiger partial charge in [0.2, 0.25) is 5.91 Å². The number of anilines is 2. The van der Waals surface area contributed by atoms with Gasteiger partial charge in [-0.15, -0.1) is 0 Å². The average molecular weight is 421 g/mol. The number of rotatable bonds is 3. The highest BCUT2D eigenvalue weighted by Gasteiger charge is 2.60. The first-order chi connectivity index (χ1) is 14.5. The number of phenols is 1. The van der Waals surface area contributed by atoms with E-state index in [2.05, 4.69) is 0 Å². The van der Waals surface area contributed by atoms with Crippen LogP contribution in [0.1, 0.15) is 11.6 Å². The number of aromatic hydroxyl groups is 1. The monoisotopic (exact) mass is 420 g/mol. The van der Waals surface area contributed by atoms with Gasteiger partial charge in [0.1, 0.15) is 11.7 Å². The van der Waals surface area contributed by atoms with Gasteiger partial charge in [-0.3, -0.25) is 14.4 Å². The maximum absolute atomic E-state index is 13.4. The van der Waals surface area contributed by atoms with Crippen molar-refractivity contribution >= 4 is 34.8 Å². The number of hydrogen-bond donors (Lipinski definition) is 1. The minimum atomic E-state index is -0.958. The number of hydrogen-bond acceptors (Lipinski definition) is 5. The Morgan fingerprint density at radius 3 is 2.27 bits per heavy atom. The molecule has 3 aromatic carbocycles. The third kappa shape index (κ3) is 2.93. The van der Waals surface area contributed by atoms with Gasteiger partial charge in [0.05, 0.1) is 17.4 Å². The van der Waals surface area contributed by atoms with Crippen LogP contribution < -0.4 is 9.96 Å². The molecule has 3 aromatic rings. The minimum absolute atomic E-state index is 0.0790. The van der Waals surface area contributed by atoms with Crippen LogP contribution in [0.25, 0.3) is 0 Å². The molecule has 0 spiro atoms. The van der Waals surface area contributed by atoms with Crippen molar-refractivity contribution < 1.29 is 19.5 Å². The number of benzene rings is 3. The molecule has 2 fully saturated rings. The SMILES string of the molecule is O=C1C2ON(c3ccccc3)C(c3cccc(O)c3)C2C(=O)N1c1ccc(Cl)cc1. The van der Waals surface area contributed by atoms with Gasteiger partial charge in [-0.1, -0.05) is 41.9 Å². The molecule has 0 radical (unpaired) electrons. The van der Waals surface area contributed by atoms with Gasteiger partial charge >= 0.3 is 0 Å². The summed E-state index contributed by atoms with van der Waals surface area (Å²) >= 11 is 5.95. The van der Waals surface area contributed by atoms with Gasteiger partial charge in [-0.25, -0.2) is 9.96 Å². The Balaban J connectivity index is 1.59. The Labute approximate surface area is 177 Å². The lowest BCUT2D eigenvalue weighted by atomic mass is 9.90. The van der Waals surface area contributed by atoms with Crippen molar-refractivity contribution in [3.63, 3.8) is 0 Å². The summed E-state index contributed by atoms with van der Waals surface area (Å²) < 4.78 is 0. The number of hydroxylamine groups is 1. The summed E-state index contributed by atoms with van der Waals surface area (Å²) in [6, 6.07) is 21.9. The number of carbonyl (C=O) groups is 2. The molecule has 2 aliphatic rings. The summed E-state index contributed by atoms with van der Waals surface area (Å²) in [4.78, 5) is 33.8. The van der Waals surface area contributed by atoms with Crippen molar-refractivity contribution in [1.29, 1.82) is 0 Å². The Morgan fingerprint density at radius 1 is 0.833 bits per heavy atom. The standard InChI is InChI=1S/C23H17ClN2O4/c24-15-9-11-16(12-10-15)25-22(28)19-20(14-5-4-8-18(27)13-14)26(30-21(19)23(25)29)17-6-2-1-3-7-17/h1-13,19-21,27H. The zero-order valence-electron chi connectivity index (χ0n) is 15.7. The fraction of sp³-hybridized carbons (Fsp3) is 0.130. The minimum Gasteiger partial charge on any atom is -0.508 e. The molecule has 30 heavy (non-hydrogen) atoms. The molecule has 0 bridgehead atoms. The Morgan fingerprint density at radius 2 is 1.57 bits per heavy atom. The number of para-hydroxylation sites is 1. The van der Waals surface area contributed by atoms with Crippen LogP contribution in [0, 0.1) is 5.92 Å². The highest BCUT2D eigenvalue weighted by molar-refractivity contribution is 6.31. The molecule has 1 N–H and O–H groups in total. The smallest absolute Gasteiger partial charge is 0.266 e. The first-order valence-corrected chi connectivity index (χ1v) is 9.86. The molecule has 3 atom stereocenters.